The predicted molar refractivity (Wildman–Crippen MR) is 119 cm³/mol. The Bertz CT molecular complexity index is 1340. The van der Waals surface area contributed by atoms with Crippen molar-refractivity contribution in [2.24, 2.45) is 0 Å². The molecule has 0 aliphatic rings. The second kappa shape index (κ2) is 9.42. The number of aromatic amines is 2. The van der Waals surface area contributed by atoms with Crippen LogP contribution < -0.4 is 5.56 Å². The van der Waals surface area contributed by atoms with Gasteiger partial charge in [-0.25, -0.2) is 9.78 Å². The van der Waals surface area contributed by atoms with Gasteiger partial charge < -0.3 is 9.72 Å². The lowest BCUT2D eigenvalue weighted by Crippen LogP contribution is -2.19. The zero-order valence-electron chi connectivity index (χ0n) is 18.1. The molecule has 0 amide bonds. The van der Waals surface area contributed by atoms with Crippen molar-refractivity contribution in [3.05, 3.63) is 93.5 Å². The summed E-state index contributed by atoms with van der Waals surface area (Å²) < 4.78 is 45.0. The molecule has 0 radical (unpaired) electrons. The van der Waals surface area contributed by atoms with E-state index in [0.29, 0.717) is 41.4 Å². The first-order valence-corrected chi connectivity index (χ1v) is 10.6. The summed E-state index contributed by atoms with van der Waals surface area (Å²) >= 11 is 0. The van der Waals surface area contributed by atoms with Crippen LogP contribution in [0.4, 0.5) is 13.2 Å². The van der Waals surface area contributed by atoms with E-state index < -0.39 is 23.4 Å². The molecule has 4 aromatic rings. The lowest BCUT2D eigenvalue weighted by Gasteiger charge is -2.05. The summed E-state index contributed by atoms with van der Waals surface area (Å²) in [7, 11) is 0. The minimum absolute atomic E-state index is 0.250. The summed E-state index contributed by atoms with van der Waals surface area (Å²) in [5.74, 6) is -0.662. The van der Waals surface area contributed by atoms with Crippen molar-refractivity contribution < 1.29 is 22.7 Å². The molecule has 10 heteroatoms. The van der Waals surface area contributed by atoms with Gasteiger partial charge in [-0.15, -0.1) is 0 Å². The van der Waals surface area contributed by atoms with E-state index in [-0.39, 0.29) is 12.6 Å². The van der Waals surface area contributed by atoms with E-state index in [2.05, 4.69) is 15.1 Å². The van der Waals surface area contributed by atoms with E-state index in [1.54, 1.807) is 55.5 Å². The number of aryl methyl sites for hydroxylation is 1. The largest absolute Gasteiger partial charge is 0.462 e. The summed E-state index contributed by atoms with van der Waals surface area (Å²) in [6.07, 6.45) is -3.17. The van der Waals surface area contributed by atoms with Crippen LogP contribution in [0.15, 0.2) is 65.6 Å². The van der Waals surface area contributed by atoms with Crippen molar-refractivity contribution in [3.8, 4) is 17.2 Å². The molecule has 0 unspecified atom stereocenters. The lowest BCUT2D eigenvalue weighted by molar-refractivity contribution is -0.140. The second-order valence-electron chi connectivity index (χ2n) is 7.51. The van der Waals surface area contributed by atoms with Crippen LogP contribution in [0.3, 0.4) is 0 Å². The number of carbonyl (C=O) groups excluding carboxylic acids is 1. The van der Waals surface area contributed by atoms with Gasteiger partial charge in [-0.2, -0.15) is 17.9 Å². The highest BCUT2D eigenvalue weighted by molar-refractivity contribution is 5.89. The lowest BCUT2D eigenvalue weighted by atomic mass is 10.0. The van der Waals surface area contributed by atoms with Crippen LogP contribution in [0.2, 0.25) is 0 Å². The van der Waals surface area contributed by atoms with Crippen molar-refractivity contribution in [2.75, 3.05) is 6.61 Å². The van der Waals surface area contributed by atoms with E-state index >= 15 is 0 Å². The number of hydrogen-bond acceptors (Lipinski definition) is 4. The SMILES string of the molecule is CCOC(=O)c1ccc(CCc2c(-c3ccccc3)[nH]n(-c3ncc(C(F)(F)F)[nH]3)c2=O)cc1. The monoisotopic (exact) mass is 470 g/mol. The zero-order valence-corrected chi connectivity index (χ0v) is 18.1. The van der Waals surface area contributed by atoms with Gasteiger partial charge in [0, 0.05) is 5.56 Å². The number of nitrogens with one attached hydrogen (secondary N) is 2. The first kappa shape index (κ1) is 23.1. The number of carbonyl (C=O) groups is 1. The van der Waals surface area contributed by atoms with Crippen LogP contribution in [0.5, 0.6) is 0 Å². The van der Waals surface area contributed by atoms with Gasteiger partial charge in [-0.05, 0) is 43.0 Å². The number of rotatable bonds is 7. The Hall–Kier alpha value is -4.08. The van der Waals surface area contributed by atoms with Crippen LogP contribution in [0.1, 0.15) is 34.1 Å². The minimum Gasteiger partial charge on any atom is -0.462 e. The van der Waals surface area contributed by atoms with Gasteiger partial charge in [-0.3, -0.25) is 9.89 Å². The molecule has 2 aromatic carbocycles. The fraction of sp³-hybridized carbons (Fsp3) is 0.208. The highest BCUT2D eigenvalue weighted by Gasteiger charge is 2.33. The van der Waals surface area contributed by atoms with E-state index in [0.717, 1.165) is 10.2 Å². The fourth-order valence-corrected chi connectivity index (χ4v) is 3.56. The topological polar surface area (TPSA) is 92.8 Å². The van der Waals surface area contributed by atoms with Crippen molar-refractivity contribution in [1.82, 2.24) is 19.7 Å². The molecule has 4 rings (SSSR count). The third-order valence-corrected chi connectivity index (χ3v) is 5.26. The second-order valence-corrected chi connectivity index (χ2v) is 7.51. The maximum absolute atomic E-state index is 13.2. The number of ether oxygens (including phenoxy) is 1. The molecular formula is C24H21F3N4O3. The maximum atomic E-state index is 13.2. The summed E-state index contributed by atoms with van der Waals surface area (Å²) in [5, 5.41) is 2.90. The molecule has 0 saturated heterocycles. The normalized spacial score (nSPS) is 11.5. The van der Waals surface area contributed by atoms with Crippen molar-refractivity contribution >= 4 is 5.97 Å². The average Bonchev–Trinajstić information content (AvgIpc) is 3.44. The number of halogens is 3. The smallest absolute Gasteiger partial charge is 0.432 e. The standard InChI is InChI=1S/C24H21F3N4O3/c1-2-34-22(33)17-11-8-15(9-12-17)10-13-18-20(16-6-4-3-5-7-16)30-31(21(18)32)23-28-14-19(29-23)24(25,26)27/h3-9,11-12,14,30H,2,10,13H2,1H3,(H,28,29). The number of imidazole rings is 1. The fourth-order valence-electron chi connectivity index (χ4n) is 3.56. The molecule has 0 aliphatic carbocycles. The predicted octanol–water partition coefficient (Wildman–Crippen LogP) is 4.54. The molecule has 2 aromatic heterocycles. The van der Waals surface area contributed by atoms with E-state index in [9.17, 15) is 22.8 Å². The Morgan fingerprint density at radius 2 is 1.76 bits per heavy atom. The Kier molecular flexibility index (Phi) is 6.40. The number of nitrogens with zero attached hydrogens (tertiary/aromatic N) is 2. The van der Waals surface area contributed by atoms with Crippen LogP contribution in [0.25, 0.3) is 17.2 Å². The summed E-state index contributed by atoms with van der Waals surface area (Å²) in [6.45, 7) is 2.01. The average molecular weight is 470 g/mol. The number of H-pyrrole nitrogens is 2. The van der Waals surface area contributed by atoms with Crippen molar-refractivity contribution in [2.45, 2.75) is 25.9 Å². The van der Waals surface area contributed by atoms with Gasteiger partial charge >= 0.3 is 12.1 Å². The molecule has 0 aliphatic heterocycles. The van der Waals surface area contributed by atoms with Crippen LogP contribution in [-0.4, -0.2) is 32.3 Å². The molecule has 0 bridgehead atoms. The molecule has 34 heavy (non-hydrogen) atoms. The molecule has 0 fully saturated rings. The first-order valence-electron chi connectivity index (χ1n) is 10.6. The zero-order chi connectivity index (χ0) is 24.3. The molecule has 0 spiro atoms. The molecule has 2 N–H and O–H groups in total. The number of alkyl halides is 3. The number of aromatic nitrogens is 4. The summed E-state index contributed by atoms with van der Waals surface area (Å²) in [6, 6.07) is 15.9. The van der Waals surface area contributed by atoms with Crippen LogP contribution in [0, 0.1) is 0 Å². The Balaban J connectivity index is 1.65. The van der Waals surface area contributed by atoms with E-state index in [1.165, 1.54) is 0 Å². The highest BCUT2D eigenvalue weighted by atomic mass is 19.4. The molecule has 0 atom stereocenters. The van der Waals surface area contributed by atoms with Crippen LogP contribution >= 0.6 is 0 Å². The van der Waals surface area contributed by atoms with Gasteiger partial charge in [0.15, 0.2) is 0 Å². The maximum Gasteiger partial charge on any atom is 0.432 e. The minimum atomic E-state index is -4.61. The van der Waals surface area contributed by atoms with Gasteiger partial charge in [-0.1, -0.05) is 42.5 Å². The van der Waals surface area contributed by atoms with E-state index in [1.807, 2.05) is 6.07 Å². The van der Waals surface area contributed by atoms with Gasteiger partial charge in [0.25, 0.3) is 5.56 Å². The summed E-state index contributed by atoms with van der Waals surface area (Å²) in [5.41, 5.74) is 1.39. The quantitative estimate of drug-likeness (QED) is 0.388. The molecule has 7 nitrogen and oxygen atoms in total. The number of esters is 1. The van der Waals surface area contributed by atoms with E-state index in [4.69, 9.17) is 4.74 Å². The Labute approximate surface area is 192 Å². The molecular weight excluding hydrogens is 449 g/mol. The Morgan fingerprint density at radius 3 is 2.38 bits per heavy atom. The van der Waals surface area contributed by atoms with Crippen LogP contribution in [-0.2, 0) is 23.8 Å². The summed E-state index contributed by atoms with van der Waals surface area (Å²) in [4.78, 5) is 30.9. The van der Waals surface area contributed by atoms with Crippen molar-refractivity contribution in [3.63, 3.8) is 0 Å². The number of benzene rings is 2. The van der Waals surface area contributed by atoms with Gasteiger partial charge in [0.2, 0.25) is 5.95 Å². The third-order valence-electron chi connectivity index (χ3n) is 5.26. The van der Waals surface area contributed by atoms with Crippen molar-refractivity contribution in [1.29, 1.82) is 0 Å². The van der Waals surface area contributed by atoms with Gasteiger partial charge in [0.1, 0.15) is 5.69 Å². The number of hydrogen-bond donors (Lipinski definition) is 2. The molecule has 2 heterocycles. The Morgan fingerprint density at radius 1 is 1.06 bits per heavy atom. The first-order chi connectivity index (χ1) is 16.3. The van der Waals surface area contributed by atoms with Gasteiger partial charge in [0.05, 0.1) is 24.1 Å². The highest BCUT2D eigenvalue weighted by Crippen LogP contribution is 2.28. The molecule has 0 saturated carbocycles. The molecule has 176 valence electrons. The third kappa shape index (κ3) is 4.80.